The molecule has 5 atom stereocenters. The molecule has 33 heavy (non-hydrogen) atoms. The lowest BCUT2D eigenvalue weighted by Crippen LogP contribution is -2.62. The number of carbonyl (C=O) groups is 2. The van der Waals surface area contributed by atoms with Gasteiger partial charge >= 0.3 is 5.97 Å². The van der Waals surface area contributed by atoms with Gasteiger partial charge in [0.1, 0.15) is 36.4 Å². The maximum atomic E-state index is 12.5. The van der Waals surface area contributed by atoms with Crippen LogP contribution in [0, 0.1) is 10.1 Å². The highest BCUT2D eigenvalue weighted by atomic mass is 16.6. The zero-order chi connectivity index (χ0) is 24.1. The summed E-state index contributed by atoms with van der Waals surface area (Å²) in [5, 5.41) is 51.9. The SMILES string of the molecule is O=C(CN[C@@H]1O[C@H](CO)[C@@H](O)[C@H](O)[C@H]1O)Oc1ccc(C(=O)c2ccc([N+](=O)[O-])cc2)cc1. The lowest BCUT2D eigenvalue weighted by Gasteiger charge is -2.40. The lowest BCUT2D eigenvalue weighted by molar-refractivity contribution is -0.384. The van der Waals surface area contributed by atoms with Gasteiger partial charge in [-0.1, -0.05) is 0 Å². The largest absolute Gasteiger partial charge is 0.426 e. The minimum atomic E-state index is -1.58. The van der Waals surface area contributed by atoms with Crippen molar-refractivity contribution in [2.75, 3.05) is 13.2 Å². The Hall–Kier alpha value is -3.26. The van der Waals surface area contributed by atoms with Crippen LogP contribution in [0.25, 0.3) is 0 Å². The molecule has 0 saturated carbocycles. The first-order valence-electron chi connectivity index (χ1n) is 9.85. The molecule has 12 nitrogen and oxygen atoms in total. The summed E-state index contributed by atoms with van der Waals surface area (Å²) in [6.07, 6.45) is -6.97. The maximum absolute atomic E-state index is 12.5. The Bertz CT molecular complexity index is 993. The predicted molar refractivity (Wildman–Crippen MR) is 110 cm³/mol. The van der Waals surface area contributed by atoms with Crippen LogP contribution in [0.1, 0.15) is 15.9 Å². The van der Waals surface area contributed by atoms with Gasteiger partial charge in [0.25, 0.3) is 5.69 Å². The van der Waals surface area contributed by atoms with E-state index >= 15 is 0 Å². The van der Waals surface area contributed by atoms with Crippen molar-refractivity contribution in [2.24, 2.45) is 0 Å². The summed E-state index contributed by atoms with van der Waals surface area (Å²) in [6.45, 7) is -1.02. The van der Waals surface area contributed by atoms with E-state index in [0.717, 1.165) is 0 Å². The van der Waals surface area contributed by atoms with Crippen LogP contribution in [0.4, 0.5) is 5.69 Å². The Morgan fingerprint density at radius 2 is 1.55 bits per heavy atom. The van der Waals surface area contributed by atoms with E-state index < -0.39 is 54.7 Å². The van der Waals surface area contributed by atoms with Crippen molar-refractivity contribution in [1.29, 1.82) is 0 Å². The number of nitro benzene ring substituents is 1. The number of rotatable bonds is 8. The third-order valence-corrected chi connectivity index (χ3v) is 5.03. The van der Waals surface area contributed by atoms with Crippen molar-refractivity contribution < 1.29 is 44.4 Å². The summed E-state index contributed by atoms with van der Waals surface area (Å²) in [5.41, 5.74) is 0.406. The Morgan fingerprint density at radius 1 is 0.970 bits per heavy atom. The van der Waals surface area contributed by atoms with Crippen molar-refractivity contribution >= 4 is 17.4 Å². The number of aliphatic hydroxyl groups is 4. The molecule has 5 N–H and O–H groups in total. The lowest BCUT2D eigenvalue weighted by atomic mass is 9.98. The van der Waals surface area contributed by atoms with Gasteiger partial charge in [0.15, 0.2) is 5.78 Å². The number of aliphatic hydroxyl groups excluding tert-OH is 4. The van der Waals surface area contributed by atoms with E-state index in [9.17, 15) is 40.1 Å². The van der Waals surface area contributed by atoms with E-state index in [0.29, 0.717) is 0 Å². The standard InChI is InChI=1S/C21H22N2O10/c24-10-15-18(27)19(28)20(29)21(33-15)22-9-16(25)32-14-7-3-12(4-8-14)17(26)11-1-5-13(6-2-11)23(30)31/h1-8,15,18-22,24,27-29H,9-10H2/t15-,18-,19+,20-,21-/m1/s1. The molecule has 1 heterocycles. The van der Waals surface area contributed by atoms with Crippen molar-refractivity contribution in [2.45, 2.75) is 30.6 Å². The van der Waals surface area contributed by atoms with Crippen molar-refractivity contribution in [1.82, 2.24) is 5.32 Å². The van der Waals surface area contributed by atoms with Gasteiger partial charge in [0.05, 0.1) is 18.1 Å². The molecule has 0 aromatic heterocycles. The molecule has 2 aromatic carbocycles. The first kappa shape index (κ1) is 24.4. The molecule has 0 aliphatic carbocycles. The third-order valence-electron chi connectivity index (χ3n) is 5.03. The summed E-state index contributed by atoms with van der Waals surface area (Å²) >= 11 is 0. The van der Waals surface area contributed by atoms with Gasteiger partial charge in [-0.15, -0.1) is 0 Å². The first-order chi connectivity index (χ1) is 15.7. The smallest absolute Gasteiger partial charge is 0.325 e. The molecule has 0 unspecified atom stereocenters. The van der Waals surface area contributed by atoms with Gasteiger partial charge < -0.3 is 29.9 Å². The summed E-state index contributed by atoms with van der Waals surface area (Å²) in [6, 6.07) is 10.8. The van der Waals surface area contributed by atoms with Crippen LogP contribution in [-0.2, 0) is 9.53 Å². The average Bonchev–Trinajstić information content (AvgIpc) is 2.82. The number of nitrogens with zero attached hydrogens (tertiary/aromatic N) is 1. The van der Waals surface area contributed by atoms with Crippen LogP contribution < -0.4 is 10.1 Å². The molecule has 1 aliphatic rings. The van der Waals surface area contributed by atoms with Crippen LogP contribution in [0.2, 0.25) is 0 Å². The summed E-state index contributed by atoms with van der Waals surface area (Å²) in [7, 11) is 0. The molecule has 176 valence electrons. The van der Waals surface area contributed by atoms with E-state index in [4.69, 9.17) is 9.47 Å². The predicted octanol–water partition coefficient (Wildman–Crippen LogP) is -0.879. The molecule has 12 heteroatoms. The molecule has 1 fully saturated rings. The average molecular weight is 462 g/mol. The van der Waals surface area contributed by atoms with Gasteiger partial charge in [0.2, 0.25) is 0 Å². The zero-order valence-corrected chi connectivity index (χ0v) is 17.1. The molecule has 1 aliphatic heterocycles. The number of ketones is 1. The number of ether oxygens (including phenoxy) is 2. The fourth-order valence-corrected chi connectivity index (χ4v) is 3.20. The highest BCUT2D eigenvalue weighted by molar-refractivity contribution is 6.09. The Morgan fingerprint density at radius 3 is 2.09 bits per heavy atom. The van der Waals surface area contributed by atoms with Gasteiger partial charge in [0, 0.05) is 23.3 Å². The van der Waals surface area contributed by atoms with Crippen LogP contribution in [-0.4, -0.2) is 80.9 Å². The number of nitro groups is 1. The molecular weight excluding hydrogens is 440 g/mol. The minimum Gasteiger partial charge on any atom is -0.426 e. The first-order valence-corrected chi connectivity index (χ1v) is 9.85. The Balaban J connectivity index is 1.54. The highest BCUT2D eigenvalue weighted by Crippen LogP contribution is 2.20. The van der Waals surface area contributed by atoms with Crippen LogP contribution >= 0.6 is 0 Å². The quantitative estimate of drug-likeness (QED) is 0.108. The van der Waals surface area contributed by atoms with E-state index in [1.54, 1.807) is 0 Å². The number of non-ortho nitro benzene ring substituents is 1. The highest BCUT2D eigenvalue weighted by Gasteiger charge is 2.43. The Kier molecular flexibility index (Phi) is 7.81. The minimum absolute atomic E-state index is 0.133. The van der Waals surface area contributed by atoms with E-state index in [1.807, 2.05) is 0 Å². The molecule has 0 amide bonds. The monoisotopic (exact) mass is 462 g/mol. The number of esters is 1. The second-order valence-corrected chi connectivity index (χ2v) is 7.26. The van der Waals surface area contributed by atoms with Crippen LogP contribution in [0.3, 0.4) is 0 Å². The normalized spacial score (nSPS) is 24.8. The molecule has 0 bridgehead atoms. The molecule has 0 radical (unpaired) electrons. The van der Waals surface area contributed by atoms with Crippen molar-refractivity contribution in [3.63, 3.8) is 0 Å². The van der Waals surface area contributed by atoms with E-state index in [-0.39, 0.29) is 28.3 Å². The Labute approximate surface area is 187 Å². The number of carbonyl (C=O) groups excluding carboxylic acids is 2. The second-order valence-electron chi connectivity index (χ2n) is 7.26. The van der Waals surface area contributed by atoms with Gasteiger partial charge in [-0.05, 0) is 36.4 Å². The topological polar surface area (TPSA) is 189 Å². The van der Waals surface area contributed by atoms with Gasteiger partial charge in [-0.25, -0.2) is 0 Å². The maximum Gasteiger partial charge on any atom is 0.325 e. The molecule has 1 saturated heterocycles. The van der Waals surface area contributed by atoms with Crippen molar-refractivity contribution in [3.05, 3.63) is 69.8 Å². The number of hydrogen-bond acceptors (Lipinski definition) is 11. The second kappa shape index (κ2) is 10.6. The van der Waals surface area contributed by atoms with Gasteiger partial charge in [-0.3, -0.25) is 25.0 Å². The van der Waals surface area contributed by atoms with E-state index in [1.165, 1.54) is 48.5 Å². The summed E-state index contributed by atoms with van der Waals surface area (Å²) in [4.78, 5) is 34.7. The molecule has 2 aromatic rings. The zero-order valence-electron chi connectivity index (χ0n) is 17.1. The van der Waals surface area contributed by atoms with E-state index in [2.05, 4.69) is 5.32 Å². The fraction of sp³-hybridized carbons (Fsp3) is 0.333. The number of hydrogen-bond donors (Lipinski definition) is 5. The summed E-state index contributed by atoms with van der Waals surface area (Å²) < 4.78 is 10.4. The van der Waals surface area contributed by atoms with Crippen molar-refractivity contribution in [3.8, 4) is 5.75 Å². The molecule has 3 rings (SSSR count). The summed E-state index contributed by atoms with van der Waals surface area (Å²) in [5.74, 6) is -0.996. The van der Waals surface area contributed by atoms with Gasteiger partial charge in [-0.2, -0.15) is 0 Å². The number of nitrogens with one attached hydrogen (secondary N) is 1. The van der Waals surface area contributed by atoms with Crippen LogP contribution in [0.15, 0.2) is 48.5 Å². The third kappa shape index (κ3) is 5.76. The molecule has 0 spiro atoms. The number of benzene rings is 2. The fourth-order valence-electron chi connectivity index (χ4n) is 3.20. The molecular formula is C21H22N2O10. The van der Waals surface area contributed by atoms with Crippen LogP contribution in [0.5, 0.6) is 5.75 Å².